The highest BCUT2D eigenvalue weighted by Gasteiger charge is 2.11. The van der Waals surface area contributed by atoms with Crippen LogP contribution in [0.3, 0.4) is 0 Å². The molecular weight excluding hydrogens is 162 g/mol. The van der Waals surface area contributed by atoms with Crippen LogP contribution in [0.1, 0.15) is 13.8 Å². The standard InChI is InChI=1S/C6H15N3OS/c1-4(7)3-11-5(2)6(10)9-8/h4-5H,3,7-8H2,1-2H3,(H,9,10). The molecule has 0 aliphatic rings. The minimum absolute atomic E-state index is 0.119. The molecule has 0 aliphatic carbocycles. The van der Waals surface area contributed by atoms with Gasteiger partial charge in [0.1, 0.15) is 0 Å². The summed E-state index contributed by atoms with van der Waals surface area (Å²) in [6.07, 6.45) is 0. The van der Waals surface area contributed by atoms with Crippen molar-refractivity contribution in [2.24, 2.45) is 11.6 Å². The van der Waals surface area contributed by atoms with Gasteiger partial charge in [0, 0.05) is 11.8 Å². The third-order valence-electron chi connectivity index (χ3n) is 1.12. The van der Waals surface area contributed by atoms with Crippen molar-refractivity contribution < 1.29 is 4.79 Å². The van der Waals surface area contributed by atoms with E-state index in [-0.39, 0.29) is 17.2 Å². The van der Waals surface area contributed by atoms with Crippen molar-refractivity contribution in [2.45, 2.75) is 25.1 Å². The molecule has 2 atom stereocenters. The number of hydrazine groups is 1. The van der Waals surface area contributed by atoms with Gasteiger partial charge in [-0.15, -0.1) is 11.8 Å². The maximum absolute atomic E-state index is 10.8. The topological polar surface area (TPSA) is 81.1 Å². The van der Waals surface area contributed by atoms with E-state index in [0.29, 0.717) is 0 Å². The monoisotopic (exact) mass is 177 g/mol. The Balaban J connectivity index is 3.52. The number of carbonyl (C=O) groups is 1. The normalized spacial score (nSPS) is 15.6. The highest BCUT2D eigenvalue weighted by atomic mass is 32.2. The van der Waals surface area contributed by atoms with Gasteiger partial charge in [-0.2, -0.15) is 0 Å². The van der Waals surface area contributed by atoms with E-state index in [1.54, 1.807) is 6.92 Å². The fraction of sp³-hybridized carbons (Fsp3) is 0.833. The third kappa shape index (κ3) is 5.06. The number of nitrogens with two attached hydrogens (primary N) is 2. The lowest BCUT2D eigenvalue weighted by Crippen LogP contribution is -2.37. The first-order valence-corrected chi connectivity index (χ1v) is 4.50. The molecule has 0 bridgehead atoms. The molecule has 0 saturated carbocycles. The summed E-state index contributed by atoms with van der Waals surface area (Å²) in [7, 11) is 0. The van der Waals surface area contributed by atoms with Crippen molar-refractivity contribution in [3.05, 3.63) is 0 Å². The summed E-state index contributed by atoms with van der Waals surface area (Å²) in [5, 5.41) is -0.119. The van der Waals surface area contributed by atoms with Crippen molar-refractivity contribution in [1.29, 1.82) is 0 Å². The van der Waals surface area contributed by atoms with Crippen LogP contribution >= 0.6 is 11.8 Å². The van der Waals surface area contributed by atoms with Crippen LogP contribution in [0.5, 0.6) is 0 Å². The molecule has 0 aromatic heterocycles. The smallest absolute Gasteiger partial charge is 0.246 e. The van der Waals surface area contributed by atoms with E-state index in [2.05, 4.69) is 5.43 Å². The van der Waals surface area contributed by atoms with Crippen molar-refractivity contribution in [3.8, 4) is 0 Å². The van der Waals surface area contributed by atoms with Gasteiger partial charge in [-0.25, -0.2) is 5.84 Å². The van der Waals surface area contributed by atoms with Crippen LogP contribution in [0.2, 0.25) is 0 Å². The Hall–Kier alpha value is -0.260. The minimum atomic E-state index is -0.157. The Morgan fingerprint density at radius 3 is 2.55 bits per heavy atom. The quantitative estimate of drug-likeness (QED) is 0.305. The van der Waals surface area contributed by atoms with E-state index in [4.69, 9.17) is 11.6 Å². The van der Waals surface area contributed by atoms with Crippen LogP contribution in [0.4, 0.5) is 0 Å². The predicted octanol–water partition coefficient (Wildman–Crippen LogP) is -0.555. The van der Waals surface area contributed by atoms with E-state index in [1.165, 1.54) is 11.8 Å². The summed E-state index contributed by atoms with van der Waals surface area (Å²) in [5.41, 5.74) is 7.59. The molecule has 5 N–H and O–H groups in total. The average Bonchev–Trinajstić information content (AvgIpc) is 1.98. The molecule has 0 aliphatic heterocycles. The maximum Gasteiger partial charge on any atom is 0.246 e. The maximum atomic E-state index is 10.8. The summed E-state index contributed by atoms with van der Waals surface area (Å²) >= 11 is 1.50. The first-order chi connectivity index (χ1) is 5.07. The van der Waals surface area contributed by atoms with Gasteiger partial charge < -0.3 is 5.73 Å². The van der Waals surface area contributed by atoms with Gasteiger partial charge in [-0.3, -0.25) is 10.2 Å². The van der Waals surface area contributed by atoms with Crippen LogP contribution in [0.25, 0.3) is 0 Å². The van der Waals surface area contributed by atoms with Crippen molar-refractivity contribution >= 4 is 17.7 Å². The minimum Gasteiger partial charge on any atom is -0.327 e. The van der Waals surface area contributed by atoms with Gasteiger partial charge in [0.2, 0.25) is 5.91 Å². The highest BCUT2D eigenvalue weighted by Crippen LogP contribution is 2.10. The molecule has 0 saturated heterocycles. The second kappa shape index (κ2) is 5.40. The molecule has 11 heavy (non-hydrogen) atoms. The average molecular weight is 177 g/mol. The number of thioether (sulfide) groups is 1. The lowest BCUT2D eigenvalue weighted by Gasteiger charge is -2.10. The molecule has 0 spiro atoms. The number of nitrogens with one attached hydrogen (secondary N) is 1. The van der Waals surface area contributed by atoms with Gasteiger partial charge >= 0.3 is 0 Å². The predicted molar refractivity (Wildman–Crippen MR) is 47.9 cm³/mol. The molecule has 4 nitrogen and oxygen atoms in total. The summed E-state index contributed by atoms with van der Waals surface area (Å²) in [6, 6.07) is 0.119. The summed E-state index contributed by atoms with van der Waals surface area (Å²) in [6.45, 7) is 3.70. The van der Waals surface area contributed by atoms with E-state index in [1.807, 2.05) is 6.92 Å². The second-order valence-electron chi connectivity index (χ2n) is 2.46. The van der Waals surface area contributed by atoms with Gasteiger partial charge in [-0.05, 0) is 13.8 Å². The number of rotatable bonds is 4. The lowest BCUT2D eigenvalue weighted by molar-refractivity contribution is -0.120. The molecule has 0 aromatic carbocycles. The van der Waals surface area contributed by atoms with Crippen LogP contribution in [-0.4, -0.2) is 23.0 Å². The van der Waals surface area contributed by atoms with Crippen LogP contribution in [0.15, 0.2) is 0 Å². The Morgan fingerprint density at radius 1 is 1.64 bits per heavy atom. The summed E-state index contributed by atoms with van der Waals surface area (Å²) < 4.78 is 0. The molecule has 1 amide bonds. The summed E-state index contributed by atoms with van der Waals surface area (Å²) in [5.74, 6) is 5.55. The zero-order valence-electron chi connectivity index (χ0n) is 6.83. The largest absolute Gasteiger partial charge is 0.327 e. The van der Waals surface area contributed by atoms with Crippen LogP contribution in [-0.2, 0) is 4.79 Å². The molecule has 0 rings (SSSR count). The molecule has 0 aromatic rings. The lowest BCUT2D eigenvalue weighted by atomic mass is 10.4. The van der Waals surface area contributed by atoms with Gasteiger partial charge in [0.05, 0.1) is 5.25 Å². The number of hydrogen-bond donors (Lipinski definition) is 3. The SMILES string of the molecule is CC(N)CSC(C)C(=O)NN. The van der Waals surface area contributed by atoms with Gasteiger partial charge in [-0.1, -0.05) is 0 Å². The fourth-order valence-electron chi connectivity index (χ4n) is 0.489. The Morgan fingerprint density at radius 2 is 2.18 bits per heavy atom. The Kier molecular flexibility index (Phi) is 5.27. The fourth-order valence-corrected chi connectivity index (χ4v) is 1.30. The zero-order valence-corrected chi connectivity index (χ0v) is 7.65. The van der Waals surface area contributed by atoms with E-state index >= 15 is 0 Å². The molecule has 2 unspecified atom stereocenters. The molecule has 5 heteroatoms. The summed E-state index contributed by atoms with van der Waals surface area (Å²) in [4.78, 5) is 10.8. The van der Waals surface area contributed by atoms with Crippen molar-refractivity contribution in [1.82, 2.24) is 5.43 Å². The molecule has 0 radical (unpaired) electrons. The van der Waals surface area contributed by atoms with Crippen LogP contribution in [0, 0.1) is 0 Å². The molecule has 0 fully saturated rings. The zero-order chi connectivity index (χ0) is 8.85. The second-order valence-corrected chi connectivity index (χ2v) is 3.84. The van der Waals surface area contributed by atoms with E-state index < -0.39 is 0 Å². The Labute approximate surface area is 71.0 Å². The van der Waals surface area contributed by atoms with Gasteiger partial charge in [0.15, 0.2) is 0 Å². The number of amides is 1. The molecular formula is C6H15N3OS. The highest BCUT2D eigenvalue weighted by molar-refractivity contribution is 8.00. The molecule has 0 heterocycles. The first-order valence-electron chi connectivity index (χ1n) is 3.45. The van der Waals surface area contributed by atoms with E-state index in [9.17, 15) is 4.79 Å². The van der Waals surface area contributed by atoms with Gasteiger partial charge in [0.25, 0.3) is 0 Å². The molecule has 66 valence electrons. The van der Waals surface area contributed by atoms with Crippen molar-refractivity contribution in [3.63, 3.8) is 0 Å². The number of carbonyl (C=O) groups excluding carboxylic acids is 1. The number of hydrogen-bond acceptors (Lipinski definition) is 4. The van der Waals surface area contributed by atoms with Crippen molar-refractivity contribution in [2.75, 3.05) is 5.75 Å². The third-order valence-corrected chi connectivity index (χ3v) is 2.55. The Bertz CT molecular complexity index is 129. The van der Waals surface area contributed by atoms with Crippen LogP contribution < -0.4 is 17.0 Å². The van der Waals surface area contributed by atoms with E-state index in [0.717, 1.165) is 5.75 Å². The first kappa shape index (κ1) is 10.7.